The molecule has 2 nitrogen and oxygen atoms in total. The zero-order chi connectivity index (χ0) is 13.8. The van der Waals surface area contributed by atoms with Crippen molar-refractivity contribution in [1.29, 1.82) is 0 Å². The highest BCUT2D eigenvalue weighted by Gasteiger charge is 2.24. The molecule has 0 atom stereocenters. The summed E-state index contributed by atoms with van der Waals surface area (Å²) in [6, 6.07) is 3.70. The Hall–Kier alpha value is -0.440. The van der Waals surface area contributed by atoms with Gasteiger partial charge in [-0.25, -0.2) is 0 Å². The van der Waals surface area contributed by atoms with Crippen LogP contribution in [0.2, 0.25) is 10.0 Å². The minimum Gasteiger partial charge on any atom is -0.495 e. The topological polar surface area (TPSA) is 21.3 Å². The van der Waals surface area contributed by atoms with Gasteiger partial charge in [0.25, 0.3) is 0 Å². The van der Waals surface area contributed by atoms with Crippen LogP contribution in [0.25, 0.3) is 0 Å². The molecular weight excluding hydrogens is 269 g/mol. The summed E-state index contributed by atoms with van der Waals surface area (Å²) in [5, 5.41) is 4.64. The van der Waals surface area contributed by atoms with Gasteiger partial charge in [0.1, 0.15) is 5.75 Å². The van der Waals surface area contributed by atoms with Gasteiger partial charge in [-0.15, -0.1) is 0 Å². The van der Waals surface area contributed by atoms with Crippen molar-refractivity contribution >= 4 is 23.2 Å². The first kappa shape index (κ1) is 15.6. The van der Waals surface area contributed by atoms with Crippen LogP contribution in [-0.2, 0) is 5.41 Å². The molecule has 102 valence electrons. The molecule has 1 rings (SSSR count). The van der Waals surface area contributed by atoms with Crippen molar-refractivity contribution in [1.82, 2.24) is 5.32 Å². The zero-order valence-corrected chi connectivity index (χ0v) is 13.0. The third-order valence-corrected chi connectivity index (χ3v) is 3.76. The molecule has 0 saturated carbocycles. The minimum atomic E-state index is -0.0187. The monoisotopic (exact) mass is 289 g/mol. The summed E-state index contributed by atoms with van der Waals surface area (Å²) in [7, 11) is 1.59. The fourth-order valence-electron chi connectivity index (χ4n) is 1.92. The number of ether oxygens (including phenoxy) is 1. The first-order valence-electron chi connectivity index (χ1n) is 6.16. The average molecular weight is 290 g/mol. The van der Waals surface area contributed by atoms with E-state index >= 15 is 0 Å². The van der Waals surface area contributed by atoms with E-state index in [-0.39, 0.29) is 5.41 Å². The van der Waals surface area contributed by atoms with E-state index in [1.807, 2.05) is 6.07 Å². The second-order valence-corrected chi connectivity index (χ2v) is 5.77. The third kappa shape index (κ3) is 3.78. The second kappa shape index (κ2) is 6.65. The van der Waals surface area contributed by atoms with Crippen LogP contribution in [0.1, 0.15) is 32.8 Å². The number of nitrogens with one attached hydrogen (secondary N) is 1. The molecular formula is C14H21Cl2NO. The molecule has 0 fully saturated rings. The molecule has 0 heterocycles. The lowest BCUT2D eigenvalue weighted by Gasteiger charge is -2.27. The van der Waals surface area contributed by atoms with Gasteiger partial charge in [-0.3, -0.25) is 0 Å². The van der Waals surface area contributed by atoms with Gasteiger partial charge in [-0.2, -0.15) is 0 Å². The van der Waals surface area contributed by atoms with E-state index in [2.05, 4.69) is 26.1 Å². The molecule has 0 aliphatic carbocycles. The van der Waals surface area contributed by atoms with Crippen molar-refractivity contribution in [2.24, 2.45) is 0 Å². The Labute approximate surface area is 120 Å². The number of rotatable bonds is 6. The van der Waals surface area contributed by atoms with E-state index in [1.54, 1.807) is 13.2 Å². The van der Waals surface area contributed by atoms with E-state index in [9.17, 15) is 0 Å². The molecule has 1 aromatic rings. The van der Waals surface area contributed by atoms with E-state index in [0.717, 1.165) is 25.1 Å². The quantitative estimate of drug-likeness (QED) is 0.790. The molecule has 0 saturated heterocycles. The Kier molecular flexibility index (Phi) is 5.77. The average Bonchev–Trinajstić information content (AvgIpc) is 2.31. The molecule has 0 aromatic heterocycles. The van der Waals surface area contributed by atoms with Crippen molar-refractivity contribution < 1.29 is 4.74 Å². The molecule has 0 unspecified atom stereocenters. The van der Waals surface area contributed by atoms with Gasteiger partial charge >= 0.3 is 0 Å². The maximum absolute atomic E-state index is 6.32. The molecule has 0 amide bonds. The number of benzene rings is 1. The van der Waals surface area contributed by atoms with Crippen LogP contribution in [0.15, 0.2) is 12.1 Å². The standard InChI is InChI=1S/C14H21Cl2NO/c1-5-17-7-6-14(2,3)10-8-12(16)13(18-4)9-11(10)15/h8-9,17H,5-7H2,1-4H3. The highest BCUT2D eigenvalue weighted by Crippen LogP contribution is 2.38. The Balaban J connectivity index is 2.97. The van der Waals surface area contributed by atoms with Crippen LogP contribution < -0.4 is 10.1 Å². The Morgan fingerprint density at radius 3 is 2.44 bits per heavy atom. The summed E-state index contributed by atoms with van der Waals surface area (Å²) in [4.78, 5) is 0. The molecule has 0 bridgehead atoms. The van der Waals surface area contributed by atoms with Crippen molar-refractivity contribution in [3.8, 4) is 5.75 Å². The molecule has 0 aliphatic rings. The maximum Gasteiger partial charge on any atom is 0.138 e. The van der Waals surface area contributed by atoms with Gasteiger partial charge in [0.05, 0.1) is 12.1 Å². The van der Waals surface area contributed by atoms with Gasteiger partial charge in [0.15, 0.2) is 0 Å². The van der Waals surface area contributed by atoms with E-state index in [4.69, 9.17) is 27.9 Å². The van der Waals surface area contributed by atoms with Crippen LogP contribution in [0.3, 0.4) is 0 Å². The third-order valence-electron chi connectivity index (χ3n) is 3.15. The lowest BCUT2D eigenvalue weighted by molar-refractivity contribution is 0.413. The fraction of sp³-hybridized carbons (Fsp3) is 0.571. The van der Waals surface area contributed by atoms with Crippen LogP contribution in [-0.4, -0.2) is 20.2 Å². The molecule has 1 aromatic carbocycles. The predicted octanol–water partition coefficient (Wildman–Crippen LogP) is 4.28. The Bertz CT molecular complexity index is 405. The lowest BCUT2D eigenvalue weighted by atomic mass is 9.81. The van der Waals surface area contributed by atoms with Crippen molar-refractivity contribution in [2.45, 2.75) is 32.6 Å². The van der Waals surface area contributed by atoms with E-state index in [1.165, 1.54) is 0 Å². The molecule has 1 N–H and O–H groups in total. The van der Waals surface area contributed by atoms with Crippen LogP contribution in [0, 0.1) is 0 Å². The highest BCUT2D eigenvalue weighted by atomic mass is 35.5. The molecule has 0 aliphatic heterocycles. The minimum absolute atomic E-state index is 0.0187. The zero-order valence-electron chi connectivity index (χ0n) is 11.4. The smallest absolute Gasteiger partial charge is 0.138 e. The first-order chi connectivity index (χ1) is 8.42. The normalized spacial score (nSPS) is 11.7. The number of hydrogen-bond donors (Lipinski definition) is 1. The maximum atomic E-state index is 6.32. The van der Waals surface area contributed by atoms with Gasteiger partial charge in [-0.05, 0) is 36.6 Å². The summed E-state index contributed by atoms with van der Waals surface area (Å²) in [6.45, 7) is 8.39. The summed E-state index contributed by atoms with van der Waals surface area (Å²) >= 11 is 12.5. The van der Waals surface area contributed by atoms with Gasteiger partial charge in [0, 0.05) is 11.1 Å². The van der Waals surface area contributed by atoms with Gasteiger partial charge in [-0.1, -0.05) is 44.0 Å². The van der Waals surface area contributed by atoms with Crippen molar-refractivity contribution in [2.75, 3.05) is 20.2 Å². The van der Waals surface area contributed by atoms with Crippen molar-refractivity contribution in [3.63, 3.8) is 0 Å². The number of halogens is 2. The largest absolute Gasteiger partial charge is 0.495 e. The number of hydrogen-bond acceptors (Lipinski definition) is 2. The van der Waals surface area contributed by atoms with E-state index < -0.39 is 0 Å². The van der Waals surface area contributed by atoms with Crippen LogP contribution in [0.4, 0.5) is 0 Å². The molecule has 4 heteroatoms. The lowest BCUT2D eigenvalue weighted by Crippen LogP contribution is -2.25. The summed E-state index contributed by atoms with van der Waals surface area (Å²) in [6.07, 6.45) is 1.00. The fourth-order valence-corrected chi connectivity index (χ4v) is 2.57. The molecule has 18 heavy (non-hydrogen) atoms. The van der Waals surface area contributed by atoms with Gasteiger partial charge in [0.2, 0.25) is 0 Å². The Morgan fingerprint density at radius 2 is 1.89 bits per heavy atom. The second-order valence-electron chi connectivity index (χ2n) is 4.95. The highest BCUT2D eigenvalue weighted by molar-refractivity contribution is 6.34. The summed E-state index contributed by atoms with van der Waals surface area (Å²) in [5.74, 6) is 0.618. The van der Waals surface area contributed by atoms with E-state index in [0.29, 0.717) is 15.8 Å². The van der Waals surface area contributed by atoms with Gasteiger partial charge < -0.3 is 10.1 Å². The van der Waals surface area contributed by atoms with Crippen molar-refractivity contribution in [3.05, 3.63) is 27.7 Å². The number of methoxy groups -OCH3 is 1. The predicted molar refractivity (Wildman–Crippen MR) is 79.2 cm³/mol. The molecule has 0 spiro atoms. The van der Waals surface area contributed by atoms with Crippen LogP contribution in [0.5, 0.6) is 5.75 Å². The van der Waals surface area contributed by atoms with Crippen LogP contribution >= 0.6 is 23.2 Å². The SMILES string of the molecule is CCNCCC(C)(C)c1cc(Cl)c(OC)cc1Cl. The Morgan fingerprint density at radius 1 is 1.22 bits per heavy atom. The molecule has 0 radical (unpaired) electrons. The summed E-state index contributed by atoms with van der Waals surface area (Å²) < 4.78 is 5.16. The first-order valence-corrected chi connectivity index (χ1v) is 6.92. The summed E-state index contributed by atoms with van der Waals surface area (Å²) in [5.41, 5.74) is 1.04.